The van der Waals surface area contributed by atoms with Gasteiger partial charge in [0.1, 0.15) is 10.6 Å². The number of methoxy groups -OCH3 is 1. The van der Waals surface area contributed by atoms with Crippen molar-refractivity contribution in [3.05, 3.63) is 46.8 Å². The molecular formula is C19H18N4O2S. The number of aryl methyl sites for hydroxylation is 1. The fourth-order valence-corrected chi connectivity index (χ4v) is 3.60. The number of benzene rings is 1. The number of hydrogen-bond acceptors (Lipinski definition) is 6. The Labute approximate surface area is 155 Å². The van der Waals surface area contributed by atoms with E-state index < -0.39 is 0 Å². The summed E-state index contributed by atoms with van der Waals surface area (Å²) in [5.74, 6) is 1.00. The number of anilines is 1. The van der Waals surface area contributed by atoms with E-state index in [0.717, 1.165) is 33.7 Å². The van der Waals surface area contributed by atoms with Crippen molar-refractivity contribution in [1.29, 1.82) is 0 Å². The standard InChI is InChI=1S/C19H18N4O2S/c1-6-23(4)16-14-11(2)17(20-3)26-18(14)22-15(21-16)12-7-9-13(10-8-12)19(24)25-5/h7-10H,6H2,1-2,4-5H3. The van der Waals surface area contributed by atoms with Crippen molar-refractivity contribution in [3.8, 4) is 11.4 Å². The number of hydrogen-bond donors (Lipinski definition) is 0. The highest BCUT2D eigenvalue weighted by Crippen LogP contribution is 2.41. The van der Waals surface area contributed by atoms with Gasteiger partial charge in [-0.1, -0.05) is 12.1 Å². The van der Waals surface area contributed by atoms with Crippen molar-refractivity contribution in [3.63, 3.8) is 0 Å². The van der Waals surface area contributed by atoms with Gasteiger partial charge in [-0.2, -0.15) is 0 Å². The smallest absolute Gasteiger partial charge is 0.337 e. The van der Waals surface area contributed by atoms with Gasteiger partial charge in [0.2, 0.25) is 5.00 Å². The van der Waals surface area contributed by atoms with E-state index in [2.05, 4.69) is 16.8 Å². The predicted molar refractivity (Wildman–Crippen MR) is 104 cm³/mol. The van der Waals surface area contributed by atoms with Crippen LogP contribution in [0.3, 0.4) is 0 Å². The third kappa shape index (κ3) is 3.00. The first-order chi connectivity index (χ1) is 12.5. The van der Waals surface area contributed by atoms with Gasteiger partial charge >= 0.3 is 5.97 Å². The van der Waals surface area contributed by atoms with Gasteiger partial charge in [0.05, 0.1) is 19.2 Å². The molecule has 0 amide bonds. The van der Waals surface area contributed by atoms with Crippen molar-refractivity contribution in [2.45, 2.75) is 13.8 Å². The molecule has 0 aliphatic heterocycles. The summed E-state index contributed by atoms with van der Waals surface area (Å²) in [6.45, 7) is 12.1. The molecule has 0 radical (unpaired) electrons. The number of thiophene rings is 1. The van der Waals surface area contributed by atoms with Gasteiger partial charge in [-0.15, -0.1) is 11.3 Å². The van der Waals surface area contributed by atoms with Crippen molar-refractivity contribution >= 4 is 38.3 Å². The highest BCUT2D eigenvalue weighted by molar-refractivity contribution is 7.22. The molecule has 2 heterocycles. The summed E-state index contributed by atoms with van der Waals surface area (Å²) in [4.78, 5) is 27.5. The van der Waals surface area contributed by atoms with Gasteiger partial charge in [0.15, 0.2) is 5.82 Å². The summed E-state index contributed by atoms with van der Waals surface area (Å²) in [6.07, 6.45) is 0. The van der Waals surface area contributed by atoms with Gasteiger partial charge in [-0.05, 0) is 31.5 Å². The van der Waals surface area contributed by atoms with Crippen LogP contribution in [0.2, 0.25) is 0 Å². The Kier molecular flexibility index (Phi) is 4.87. The van der Waals surface area contributed by atoms with E-state index in [1.165, 1.54) is 18.4 Å². The molecule has 0 N–H and O–H groups in total. The summed E-state index contributed by atoms with van der Waals surface area (Å²) in [5, 5.41) is 1.57. The molecule has 2 aromatic heterocycles. The van der Waals surface area contributed by atoms with E-state index >= 15 is 0 Å². The largest absolute Gasteiger partial charge is 0.465 e. The summed E-state index contributed by atoms with van der Waals surface area (Å²) in [6, 6.07) is 7.00. The normalized spacial score (nSPS) is 10.6. The maximum atomic E-state index is 11.6. The van der Waals surface area contributed by atoms with Gasteiger partial charge in [-0.25, -0.2) is 19.6 Å². The van der Waals surface area contributed by atoms with E-state index in [0.29, 0.717) is 16.4 Å². The van der Waals surface area contributed by atoms with Gasteiger partial charge in [0, 0.05) is 24.5 Å². The molecule has 132 valence electrons. The highest BCUT2D eigenvalue weighted by atomic mass is 32.1. The van der Waals surface area contributed by atoms with Crippen LogP contribution < -0.4 is 4.90 Å². The molecule has 0 saturated heterocycles. The van der Waals surface area contributed by atoms with Crippen LogP contribution >= 0.6 is 11.3 Å². The molecule has 3 rings (SSSR count). The van der Waals surface area contributed by atoms with Gasteiger partial charge in [-0.3, -0.25) is 0 Å². The van der Waals surface area contributed by atoms with E-state index in [4.69, 9.17) is 16.3 Å². The lowest BCUT2D eigenvalue weighted by atomic mass is 10.1. The second-order valence-corrected chi connectivity index (χ2v) is 6.76. The van der Waals surface area contributed by atoms with Crippen LogP contribution in [0.15, 0.2) is 24.3 Å². The molecule has 0 unspecified atom stereocenters. The first-order valence-electron chi connectivity index (χ1n) is 8.08. The zero-order chi connectivity index (χ0) is 18.8. The van der Waals surface area contributed by atoms with Crippen LogP contribution in [0.5, 0.6) is 0 Å². The minimum absolute atomic E-state index is 0.380. The Morgan fingerprint density at radius 1 is 1.31 bits per heavy atom. The Morgan fingerprint density at radius 3 is 2.58 bits per heavy atom. The molecule has 0 atom stereocenters. The molecule has 0 bridgehead atoms. The highest BCUT2D eigenvalue weighted by Gasteiger charge is 2.19. The number of fused-ring (bicyclic) bond motifs is 1. The molecule has 0 fully saturated rings. The van der Waals surface area contributed by atoms with Crippen molar-refractivity contribution in [2.75, 3.05) is 25.6 Å². The maximum absolute atomic E-state index is 11.6. The lowest BCUT2D eigenvalue weighted by molar-refractivity contribution is 0.0601. The Balaban J connectivity index is 2.18. The lowest BCUT2D eigenvalue weighted by Gasteiger charge is -2.18. The third-order valence-corrected chi connectivity index (χ3v) is 5.33. The van der Waals surface area contributed by atoms with Gasteiger partial charge < -0.3 is 9.64 Å². The number of ether oxygens (including phenoxy) is 1. The summed E-state index contributed by atoms with van der Waals surface area (Å²) in [7, 11) is 3.33. The molecule has 0 aliphatic rings. The number of nitrogens with zero attached hydrogens (tertiary/aromatic N) is 4. The lowest BCUT2D eigenvalue weighted by Crippen LogP contribution is -2.18. The molecule has 26 heavy (non-hydrogen) atoms. The number of esters is 1. The number of rotatable bonds is 4. The third-order valence-electron chi connectivity index (χ3n) is 4.25. The molecule has 7 heteroatoms. The van der Waals surface area contributed by atoms with E-state index in [1.54, 1.807) is 24.3 Å². The van der Waals surface area contributed by atoms with E-state index in [9.17, 15) is 4.79 Å². The van der Waals surface area contributed by atoms with Gasteiger partial charge in [0.25, 0.3) is 0 Å². The number of aromatic nitrogens is 2. The zero-order valence-electron chi connectivity index (χ0n) is 15.0. The number of carbonyl (C=O) groups excluding carboxylic acids is 1. The summed E-state index contributed by atoms with van der Waals surface area (Å²) >= 11 is 1.38. The Bertz CT molecular complexity index is 1020. The first kappa shape index (κ1) is 17.8. The fourth-order valence-electron chi connectivity index (χ4n) is 2.64. The molecule has 6 nitrogen and oxygen atoms in total. The quantitative estimate of drug-likeness (QED) is 0.504. The van der Waals surface area contributed by atoms with Crippen LogP contribution in [0.4, 0.5) is 10.8 Å². The van der Waals surface area contributed by atoms with Crippen LogP contribution in [-0.4, -0.2) is 36.6 Å². The monoisotopic (exact) mass is 366 g/mol. The Hall–Kier alpha value is -2.98. The van der Waals surface area contributed by atoms with Crippen LogP contribution in [0.25, 0.3) is 26.4 Å². The first-order valence-corrected chi connectivity index (χ1v) is 8.90. The predicted octanol–water partition coefficient (Wildman–Crippen LogP) is 4.46. The molecule has 0 aliphatic carbocycles. The minimum Gasteiger partial charge on any atom is -0.465 e. The van der Waals surface area contributed by atoms with Crippen molar-refractivity contribution in [1.82, 2.24) is 9.97 Å². The second kappa shape index (κ2) is 7.10. The average molecular weight is 366 g/mol. The van der Waals surface area contributed by atoms with Crippen LogP contribution in [-0.2, 0) is 4.74 Å². The topological polar surface area (TPSA) is 59.7 Å². The molecular weight excluding hydrogens is 348 g/mol. The summed E-state index contributed by atoms with van der Waals surface area (Å²) < 4.78 is 4.73. The SMILES string of the molecule is [C-]#[N+]c1sc2nc(-c3ccc(C(=O)OC)cc3)nc(N(C)CC)c2c1C. The molecule has 0 spiro atoms. The van der Waals surface area contributed by atoms with E-state index in [-0.39, 0.29) is 5.97 Å². The van der Waals surface area contributed by atoms with Crippen LogP contribution in [0.1, 0.15) is 22.8 Å². The molecule has 3 aromatic rings. The van der Waals surface area contributed by atoms with E-state index in [1.807, 2.05) is 18.9 Å². The zero-order valence-corrected chi connectivity index (χ0v) is 15.8. The van der Waals surface area contributed by atoms with Crippen LogP contribution in [0, 0.1) is 13.5 Å². The number of carbonyl (C=O) groups is 1. The molecule has 1 aromatic carbocycles. The maximum Gasteiger partial charge on any atom is 0.337 e. The molecule has 0 saturated carbocycles. The van der Waals surface area contributed by atoms with Crippen molar-refractivity contribution in [2.24, 2.45) is 0 Å². The average Bonchev–Trinajstić information content (AvgIpc) is 3.01. The summed E-state index contributed by atoms with van der Waals surface area (Å²) in [5.41, 5.74) is 2.20. The second-order valence-electron chi connectivity index (χ2n) is 5.78. The van der Waals surface area contributed by atoms with Crippen molar-refractivity contribution < 1.29 is 9.53 Å². The minimum atomic E-state index is -0.380. The fraction of sp³-hybridized carbons (Fsp3) is 0.263. The Morgan fingerprint density at radius 2 is 2.00 bits per heavy atom.